The van der Waals surface area contributed by atoms with Crippen molar-refractivity contribution in [2.45, 2.75) is 30.2 Å². The van der Waals surface area contributed by atoms with Crippen molar-refractivity contribution in [2.75, 3.05) is 4.90 Å². The van der Waals surface area contributed by atoms with Crippen molar-refractivity contribution in [3.63, 3.8) is 0 Å². The minimum absolute atomic E-state index is 0.123. The van der Waals surface area contributed by atoms with Crippen LogP contribution in [0.2, 0.25) is 0 Å². The molecule has 4 rings (SSSR count). The maximum Gasteiger partial charge on any atom is 0.241 e. The molecule has 0 saturated carbocycles. The van der Waals surface area contributed by atoms with Gasteiger partial charge < -0.3 is 10.2 Å². The molecule has 1 heterocycles. The Morgan fingerprint density at radius 1 is 1.03 bits per heavy atom. The molecule has 0 aliphatic carbocycles. The number of benzene rings is 3. The number of carbonyl (C=O) groups excluding carboxylic acids is 2. The molecule has 0 saturated heterocycles. The van der Waals surface area contributed by atoms with Gasteiger partial charge in [0.2, 0.25) is 11.8 Å². The highest BCUT2D eigenvalue weighted by Gasteiger charge is 2.39. The molecule has 0 aromatic heterocycles. The van der Waals surface area contributed by atoms with Gasteiger partial charge in [0.25, 0.3) is 0 Å². The fourth-order valence-electron chi connectivity index (χ4n) is 3.60. The molecule has 1 aliphatic rings. The van der Waals surface area contributed by atoms with Crippen LogP contribution in [-0.2, 0) is 22.7 Å². The van der Waals surface area contributed by atoms with Gasteiger partial charge in [-0.15, -0.1) is 11.8 Å². The summed E-state index contributed by atoms with van der Waals surface area (Å²) in [6.45, 7) is 2.30. The predicted octanol–water partition coefficient (Wildman–Crippen LogP) is 4.79. The van der Waals surface area contributed by atoms with E-state index in [4.69, 9.17) is 0 Å². The summed E-state index contributed by atoms with van der Waals surface area (Å²) in [7, 11) is 0. The van der Waals surface area contributed by atoms with Crippen LogP contribution in [0.15, 0.2) is 83.8 Å². The summed E-state index contributed by atoms with van der Waals surface area (Å²) in [5.41, 5.74) is 2.18. The highest BCUT2D eigenvalue weighted by Crippen LogP contribution is 2.42. The number of nitrogens with zero attached hydrogens (tertiary/aromatic N) is 1. The minimum atomic E-state index is -0.586. The van der Waals surface area contributed by atoms with E-state index in [0.29, 0.717) is 12.1 Å². The second kappa shape index (κ2) is 9.35. The standard InChI is InChI=1S/C25H23FN2O2S/c1-17(24(29)27-15-18-9-3-2-4-10-18)23-25(30)28(16-19-11-5-6-12-20(19)26)21-13-7-8-14-22(21)31-23/h2-14,17,23H,15-16H2,1H3,(H,27,29)/t17-,23-/m1/s1. The van der Waals surface area contributed by atoms with Crippen molar-refractivity contribution in [1.29, 1.82) is 0 Å². The Kier molecular flexibility index (Phi) is 6.37. The van der Waals surface area contributed by atoms with Gasteiger partial charge in [0.15, 0.2) is 0 Å². The fourth-order valence-corrected chi connectivity index (χ4v) is 4.88. The fraction of sp³-hybridized carbons (Fsp3) is 0.200. The average Bonchev–Trinajstić information content (AvgIpc) is 2.80. The Morgan fingerprint density at radius 2 is 1.71 bits per heavy atom. The zero-order valence-corrected chi connectivity index (χ0v) is 17.9. The first-order valence-electron chi connectivity index (χ1n) is 10.2. The van der Waals surface area contributed by atoms with Crippen molar-refractivity contribution in [2.24, 2.45) is 5.92 Å². The van der Waals surface area contributed by atoms with Gasteiger partial charge in [0.05, 0.1) is 18.2 Å². The molecular weight excluding hydrogens is 411 g/mol. The van der Waals surface area contributed by atoms with Gasteiger partial charge in [0, 0.05) is 17.0 Å². The summed E-state index contributed by atoms with van der Waals surface area (Å²) in [5.74, 6) is -1.26. The molecule has 3 aromatic rings. The van der Waals surface area contributed by atoms with Crippen LogP contribution < -0.4 is 10.2 Å². The number of fused-ring (bicyclic) bond motifs is 1. The van der Waals surface area contributed by atoms with Crippen LogP contribution >= 0.6 is 11.8 Å². The Hall–Kier alpha value is -3.12. The van der Waals surface area contributed by atoms with Gasteiger partial charge in [-0.05, 0) is 23.8 Å². The molecule has 2 amide bonds. The lowest BCUT2D eigenvalue weighted by molar-refractivity contribution is -0.128. The summed E-state index contributed by atoms with van der Waals surface area (Å²) >= 11 is 1.40. The molecule has 3 aromatic carbocycles. The molecule has 0 unspecified atom stereocenters. The van der Waals surface area contributed by atoms with Gasteiger partial charge in [-0.25, -0.2) is 4.39 Å². The number of carbonyl (C=O) groups is 2. The van der Waals surface area contributed by atoms with Crippen LogP contribution in [0.1, 0.15) is 18.1 Å². The summed E-state index contributed by atoms with van der Waals surface area (Å²) in [4.78, 5) is 28.8. The van der Waals surface area contributed by atoms with Gasteiger partial charge in [-0.3, -0.25) is 9.59 Å². The van der Waals surface area contributed by atoms with Crippen molar-refractivity contribution < 1.29 is 14.0 Å². The van der Waals surface area contributed by atoms with Gasteiger partial charge >= 0.3 is 0 Å². The van der Waals surface area contributed by atoms with Crippen molar-refractivity contribution in [3.05, 3.63) is 95.8 Å². The summed E-state index contributed by atoms with van der Waals surface area (Å²) in [6.07, 6.45) is 0. The molecule has 6 heteroatoms. The molecular formula is C25H23FN2O2S. The highest BCUT2D eigenvalue weighted by molar-refractivity contribution is 8.01. The third-order valence-corrected chi connectivity index (χ3v) is 6.85. The molecule has 1 aliphatic heterocycles. The van der Waals surface area contributed by atoms with E-state index in [0.717, 1.165) is 16.1 Å². The molecule has 0 fully saturated rings. The minimum Gasteiger partial charge on any atom is -0.352 e. The van der Waals surface area contributed by atoms with E-state index in [1.165, 1.54) is 17.8 Å². The monoisotopic (exact) mass is 434 g/mol. The number of anilines is 1. The Balaban J connectivity index is 1.55. The molecule has 4 nitrogen and oxygen atoms in total. The number of hydrogen-bond donors (Lipinski definition) is 1. The first-order valence-corrected chi connectivity index (χ1v) is 11.0. The number of nitrogens with one attached hydrogen (secondary N) is 1. The first kappa shape index (κ1) is 21.1. The van der Waals surface area contributed by atoms with E-state index in [1.54, 1.807) is 30.0 Å². The summed E-state index contributed by atoms with van der Waals surface area (Å²) in [5, 5.41) is 2.35. The zero-order valence-electron chi connectivity index (χ0n) is 17.1. The van der Waals surface area contributed by atoms with E-state index < -0.39 is 11.2 Å². The summed E-state index contributed by atoms with van der Waals surface area (Å²) < 4.78 is 14.3. The number of hydrogen-bond acceptors (Lipinski definition) is 3. The SMILES string of the molecule is C[C@@H](C(=O)NCc1ccccc1)[C@H]1Sc2ccccc2N(Cc2ccccc2F)C1=O. The van der Waals surface area contributed by atoms with Crippen molar-refractivity contribution in [3.8, 4) is 0 Å². The Morgan fingerprint density at radius 3 is 2.48 bits per heavy atom. The van der Waals surface area contributed by atoms with Crippen LogP contribution in [-0.4, -0.2) is 17.1 Å². The third kappa shape index (κ3) is 4.64. The van der Waals surface area contributed by atoms with Crippen LogP contribution in [0, 0.1) is 11.7 Å². The lowest BCUT2D eigenvalue weighted by Gasteiger charge is -2.35. The van der Waals surface area contributed by atoms with Gasteiger partial charge in [0.1, 0.15) is 11.1 Å². The van der Waals surface area contributed by atoms with Gasteiger partial charge in [-0.1, -0.05) is 67.6 Å². The lowest BCUT2D eigenvalue weighted by atomic mass is 10.0. The molecule has 158 valence electrons. The average molecular weight is 435 g/mol. The summed E-state index contributed by atoms with van der Waals surface area (Å²) in [6, 6.07) is 23.7. The van der Waals surface area contributed by atoms with E-state index in [1.807, 2.05) is 54.6 Å². The molecule has 2 atom stereocenters. The van der Waals surface area contributed by atoms with Crippen LogP contribution in [0.5, 0.6) is 0 Å². The van der Waals surface area contributed by atoms with E-state index in [-0.39, 0.29) is 24.2 Å². The quantitative estimate of drug-likeness (QED) is 0.607. The lowest BCUT2D eigenvalue weighted by Crippen LogP contribution is -2.47. The topological polar surface area (TPSA) is 49.4 Å². The number of thioether (sulfide) groups is 1. The Labute approximate surface area is 185 Å². The molecule has 0 bridgehead atoms. The molecule has 1 N–H and O–H groups in total. The first-order chi connectivity index (χ1) is 15.0. The maximum atomic E-state index is 14.3. The highest BCUT2D eigenvalue weighted by atomic mass is 32.2. The van der Waals surface area contributed by atoms with Crippen LogP contribution in [0.3, 0.4) is 0 Å². The van der Waals surface area contributed by atoms with Crippen molar-refractivity contribution >= 4 is 29.3 Å². The molecule has 31 heavy (non-hydrogen) atoms. The van der Waals surface area contributed by atoms with Crippen LogP contribution in [0.4, 0.5) is 10.1 Å². The number of rotatable bonds is 6. The van der Waals surface area contributed by atoms with Gasteiger partial charge in [-0.2, -0.15) is 0 Å². The van der Waals surface area contributed by atoms with E-state index in [2.05, 4.69) is 5.32 Å². The van der Waals surface area contributed by atoms with E-state index in [9.17, 15) is 14.0 Å². The molecule has 0 spiro atoms. The second-order valence-electron chi connectivity index (χ2n) is 7.51. The Bertz CT molecular complexity index is 1090. The number of para-hydroxylation sites is 1. The second-order valence-corrected chi connectivity index (χ2v) is 8.70. The smallest absolute Gasteiger partial charge is 0.241 e. The third-order valence-electron chi connectivity index (χ3n) is 5.38. The molecule has 0 radical (unpaired) electrons. The van der Waals surface area contributed by atoms with Crippen molar-refractivity contribution in [1.82, 2.24) is 5.32 Å². The predicted molar refractivity (Wildman–Crippen MR) is 121 cm³/mol. The maximum absolute atomic E-state index is 14.3. The van der Waals surface area contributed by atoms with E-state index >= 15 is 0 Å². The number of halogens is 1. The zero-order chi connectivity index (χ0) is 21.8. The normalized spacial score (nSPS) is 16.5. The largest absolute Gasteiger partial charge is 0.352 e. The number of amides is 2. The van der Waals surface area contributed by atoms with Crippen LogP contribution in [0.25, 0.3) is 0 Å².